The minimum Gasteiger partial charge on any atom is -0.379 e. The predicted octanol–water partition coefficient (Wildman–Crippen LogP) is 2.07. The number of guanidine groups is 1. The Morgan fingerprint density at radius 1 is 1.14 bits per heavy atom. The average molecular weight is 408 g/mol. The van der Waals surface area contributed by atoms with E-state index in [4.69, 9.17) is 9.73 Å². The number of ether oxygens (including phenoxy) is 1. The largest absolute Gasteiger partial charge is 0.401 e. The summed E-state index contributed by atoms with van der Waals surface area (Å²) in [6.07, 6.45) is 1.84. The smallest absolute Gasteiger partial charge is 0.379 e. The Bertz CT molecular complexity index is 475. The van der Waals surface area contributed by atoms with Crippen molar-refractivity contribution in [1.82, 2.24) is 20.4 Å². The van der Waals surface area contributed by atoms with Gasteiger partial charge in [0.05, 0.1) is 26.3 Å². The highest BCUT2D eigenvalue weighted by molar-refractivity contribution is 5.79. The van der Waals surface area contributed by atoms with Gasteiger partial charge in [0.1, 0.15) is 0 Å². The molecule has 2 aliphatic rings. The van der Waals surface area contributed by atoms with E-state index >= 15 is 0 Å². The van der Waals surface area contributed by atoms with Gasteiger partial charge in [-0.2, -0.15) is 13.2 Å². The van der Waals surface area contributed by atoms with Crippen LogP contribution in [0.25, 0.3) is 0 Å². The molecular formula is C19H36F3N5O. The first-order valence-electron chi connectivity index (χ1n) is 10.4. The Morgan fingerprint density at radius 3 is 2.43 bits per heavy atom. The number of nitrogens with one attached hydrogen (secondary N) is 2. The molecule has 1 saturated carbocycles. The van der Waals surface area contributed by atoms with E-state index in [-0.39, 0.29) is 5.54 Å². The third kappa shape index (κ3) is 7.75. The van der Waals surface area contributed by atoms with Crippen molar-refractivity contribution in [3.8, 4) is 0 Å². The number of hydrogen-bond acceptors (Lipinski definition) is 4. The SMILES string of the molecule is CCNC(=NCC1(N2CCOCC2)CCCCC1)NCCN(C)CC(F)(F)F. The van der Waals surface area contributed by atoms with E-state index < -0.39 is 12.7 Å². The molecule has 0 aromatic carbocycles. The van der Waals surface area contributed by atoms with Crippen molar-refractivity contribution in [2.75, 3.05) is 66.1 Å². The van der Waals surface area contributed by atoms with Gasteiger partial charge in [-0.05, 0) is 26.8 Å². The second kappa shape index (κ2) is 11.2. The lowest BCUT2D eigenvalue weighted by Gasteiger charge is -2.47. The summed E-state index contributed by atoms with van der Waals surface area (Å²) in [5, 5.41) is 6.40. The Labute approximate surface area is 166 Å². The highest BCUT2D eigenvalue weighted by Gasteiger charge is 2.38. The molecule has 164 valence electrons. The molecule has 6 nitrogen and oxygen atoms in total. The second-order valence-electron chi connectivity index (χ2n) is 7.86. The first-order valence-corrected chi connectivity index (χ1v) is 10.4. The Morgan fingerprint density at radius 2 is 1.82 bits per heavy atom. The van der Waals surface area contributed by atoms with Crippen LogP contribution < -0.4 is 10.6 Å². The van der Waals surface area contributed by atoms with E-state index in [0.717, 1.165) is 45.7 Å². The van der Waals surface area contributed by atoms with Gasteiger partial charge in [0.25, 0.3) is 0 Å². The molecule has 2 fully saturated rings. The fourth-order valence-corrected chi connectivity index (χ4v) is 4.14. The number of alkyl halides is 3. The highest BCUT2D eigenvalue weighted by atomic mass is 19.4. The van der Waals surface area contributed by atoms with Gasteiger partial charge in [-0.25, -0.2) is 0 Å². The minimum atomic E-state index is -4.17. The maximum Gasteiger partial charge on any atom is 0.401 e. The van der Waals surface area contributed by atoms with Crippen LogP contribution in [-0.4, -0.2) is 93.5 Å². The molecule has 9 heteroatoms. The van der Waals surface area contributed by atoms with Crippen molar-refractivity contribution >= 4 is 5.96 Å². The van der Waals surface area contributed by atoms with E-state index in [9.17, 15) is 13.2 Å². The minimum absolute atomic E-state index is 0.0808. The molecule has 0 bridgehead atoms. The number of hydrogen-bond donors (Lipinski definition) is 2. The summed E-state index contributed by atoms with van der Waals surface area (Å²) in [6, 6.07) is 0. The molecule has 0 aromatic heterocycles. The fraction of sp³-hybridized carbons (Fsp3) is 0.947. The van der Waals surface area contributed by atoms with Gasteiger partial charge in [0.2, 0.25) is 0 Å². The molecule has 0 spiro atoms. The molecule has 0 unspecified atom stereocenters. The van der Waals surface area contributed by atoms with Gasteiger partial charge >= 0.3 is 6.18 Å². The molecule has 1 heterocycles. The molecule has 0 atom stereocenters. The zero-order valence-electron chi connectivity index (χ0n) is 17.3. The third-order valence-corrected chi connectivity index (χ3v) is 5.58. The molecule has 0 radical (unpaired) electrons. The zero-order valence-corrected chi connectivity index (χ0v) is 17.3. The quantitative estimate of drug-likeness (QED) is 0.477. The third-order valence-electron chi connectivity index (χ3n) is 5.58. The average Bonchev–Trinajstić information content (AvgIpc) is 2.66. The van der Waals surface area contributed by atoms with Crippen LogP contribution >= 0.6 is 0 Å². The maximum atomic E-state index is 12.4. The van der Waals surface area contributed by atoms with Crippen LogP contribution in [0.5, 0.6) is 0 Å². The molecule has 0 amide bonds. The van der Waals surface area contributed by atoms with Gasteiger partial charge in [-0.3, -0.25) is 14.8 Å². The van der Waals surface area contributed by atoms with Gasteiger partial charge < -0.3 is 15.4 Å². The number of rotatable bonds is 8. The number of nitrogens with zero attached hydrogens (tertiary/aromatic N) is 3. The standard InChI is InChI=1S/C19H36F3N5O/c1-3-23-17(24-9-10-26(2)16-19(20,21)22)25-15-18(7-5-4-6-8-18)27-11-13-28-14-12-27/h3-16H2,1-2H3,(H2,23,24,25). The predicted molar refractivity (Wildman–Crippen MR) is 106 cm³/mol. The Hall–Kier alpha value is -1.06. The summed E-state index contributed by atoms with van der Waals surface area (Å²) < 4.78 is 42.9. The van der Waals surface area contributed by atoms with E-state index in [1.54, 1.807) is 0 Å². The molecule has 2 rings (SSSR count). The molecule has 0 aromatic rings. The van der Waals surface area contributed by atoms with Gasteiger partial charge in [-0.1, -0.05) is 19.3 Å². The normalized spacial score (nSPS) is 21.7. The van der Waals surface area contributed by atoms with Gasteiger partial charge in [0, 0.05) is 38.3 Å². The van der Waals surface area contributed by atoms with Crippen LogP contribution in [0, 0.1) is 0 Å². The van der Waals surface area contributed by atoms with Crippen LogP contribution in [0.15, 0.2) is 4.99 Å². The molecule has 1 saturated heterocycles. The molecule has 28 heavy (non-hydrogen) atoms. The topological polar surface area (TPSA) is 52.1 Å². The summed E-state index contributed by atoms with van der Waals surface area (Å²) >= 11 is 0. The lowest BCUT2D eigenvalue weighted by molar-refractivity contribution is -0.142. The van der Waals surface area contributed by atoms with E-state index in [1.807, 2.05) is 6.92 Å². The summed E-state index contributed by atoms with van der Waals surface area (Å²) in [7, 11) is 1.48. The number of halogens is 3. The molecule has 1 aliphatic heterocycles. The summed E-state index contributed by atoms with van der Waals surface area (Å²) in [5.74, 6) is 0.682. The summed E-state index contributed by atoms with van der Waals surface area (Å²) in [6.45, 7) is 6.68. The number of likely N-dealkylation sites (N-methyl/N-ethyl adjacent to an activating group) is 1. The first-order chi connectivity index (χ1) is 13.3. The molecule has 2 N–H and O–H groups in total. The lowest BCUT2D eigenvalue weighted by Crippen LogP contribution is -2.56. The van der Waals surface area contributed by atoms with Crippen molar-refractivity contribution in [2.45, 2.75) is 50.7 Å². The lowest BCUT2D eigenvalue weighted by atomic mass is 9.80. The van der Waals surface area contributed by atoms with Crippen LogP contribution in [0.3, 0.4) is 0 Å². The highest BCUT2D eigenvalue weighted by Crippen LogP contribution is 2.34. The number of aliphatic imine (C=N–C) groups is 1. The van der Waals surface area contributed by atoms with E-state index in [1.165, 1.54) is 31.2 Å². The van der Waals surface area contributed by atoms with E-state index in [2.05, 4.69) is 15.5 Å². The van der Waals surface area contributed by atoms with Crippen molar-refractivity contribution in [3.05, 3.63) is 0 Å². The Kier molecular flexibility index (Phi) is 9.30. The molecular weight excluding hydrogens is 371 g/mol. The van der Waals surface area contributed by atoms with Crippen molar-refractivity contribution in [2.24, 2.45) is 4.99 Å². The van der Waals surface area contributed by atoms with Crippen molar-refractivity contribution in [3.63, 3.8) is 0 Å². The van der Waals surface area contributed by atoms with Crippen LogP contribution in [0.4, 0.5) is 13.2 Å². The van der Waals surface area contributed by atoms with Gasteiger partial charge in [-0.15, -0.1) is 0 Å². The molecule has 1 aliphatic carbocycles. The van der Waals surface area contributed by atoms with Crippen LogP contribution in [0.2, 0.25) is 0 Å². The van der Waals surface area contributed by atoms with Crippen LogP contribution in [0.1, 0.15) is 39.0 Å². The maximum absolute atomic E-state index is 12.4. The van der Waals surface area contributed by atoms with Crippen molar-refractivity contribution < 1.29 is 17.9 Å². The Balaban J connectivity index is 1.92. The van der Waals surface area contributed by atoms with Crippen molar-refractivity contribution in [1.29, 1.82) is 0 Å². The van der Waals surface area contributed by atoms with E-state index in [0.29, 0.717) is 25.6 Å². The second-order valence-corrected chi connectivity index (χ2v) is 7.86. The van der Waals surface area contributed by atoms with Gasteiger partial charge in [0.15, 0.2) is 5.96 Å². The first kappa shape index (κ1) is 23.2. The fourth-order valence-electron chi connectivity index (χ4n) is 4.14. The van der Waals surface area contributed by atoms with Crippen LogP contribution in [-0.2, 0) is 4.74 Å². The monoisotopic (exact) mass is 407 g/mol. The number of morpholine rings is 1. The summed E-state index contributed by atoms with van der Waals surface area (Å²) in [4.78, 5) is 8.64. The summed E-state index contributed by atoms with van der Waals surface area (Å²) in [5.41, 5.74) is 0.0808. The zero-order chi connectivity index (χ0) is 20.5.